The highest BCUT2D eigenvalue weighted by Gasteiger charge is 2.08. The number of nitrogens with zero attached hydrogens (tertiary/aromatic N) is 2. The zero-order valence-corrected chi connectivity index (χ0v) is 11.4. The van der Waals surface area contributed by atoms with Gasteiger partial charge in [0.2, 0.25) is 5.91 Å². The van der Waals surface area contributed by atoms with Crippen molar-refractivity contribution in [2.75, 3.05) is 11.1 Å². The molecule has 0 aliphatic carbocycles. The van der Waals surface area contributed by atoms with Gasteiger partial charge in [0.25, 0.3) is 0 Å². The summed E-state index contributed by atoms with van der Waals surface area (Å²) in [6, 6.07) is 4.93. The molecule has 0 fully saturated rings. The van der Waals surface area contributed by atoms with Crippen molar-refractivity contribution in [3.63, 3.8) is 0 Å². The quantitative estimate of drug-likeness (QED) is 0.495. The Labute approximate surface area is 122 Å². The van der Waals surface area contributed by atoms with E-state index in [4.69, 9.17) is 0 Å². The molecule has 4 N–H and O–H groups in total. The van der Waals surface area contributed by atoms with E-state index in [1.807, 2.05) is 0 Å². The summed E-state index contributed by atoms with van der Waals surface area (Å²) >= 11 is 1.12. The molecule has 0 aliphatic rings. The molecule has 0 unspecified atom stereocenters. The van der Waals surface area contributed by atoms with E-state index < -0.39 is 17.8 Å². The third-order valence-corrected chi connectivity index (χ3v) is 3.05. The maximum absolute atomic E-state index is 13.3. The molecule has 0 saturated heterocycles. The highest BCUT2D eigenvalue weighted by Crippen LogP contribution is 2.11. The third kappa shape index (κ3) is 4.76. The lowest BCUT2D eigenvalue weighted by Crippen LogP contribution is -2.44. The third-order valence-electron chi connectivity index (χ3n) is 2.17. The number of hydrazine groups is 1. The Balaban J connectivity index is 1.71. The molecule has 2 aromatic rings. The highest BCUT2D eigenvalue weighted by atomic mass is 32.2. The number of anilines is 1. The molecule has 2 rings (SSSR count). The molecule has 3 amide bonds. The molecule has 0 spiro atoms. The van der Waals surface area contributed by atoms with Gasteiger partial charge in [0, 0.05) is 0 Å². The van der Waals surface area contributed by atoms with Crippen LogP contribution in [-0.2, 0) is 4.79 Å². The molecule has 0 aliphatic heterocycles. The molecule has 1 aromatic carbocycles. The summed E-state index contributed by atoms with van der Waals surface area (Å²) in [4.78, 5) is 26.7. The standard InChI is InChI=1S/C11H11FN6O2S/c12-7-3-1-2-4-8(7)15-10(20)17-16-9(19)5-21-11-13-6-14-18-11/h1-4,6H,5H2,(H,16,19)(H,13,14,18)(H2,15,17,20). The average molecular weight is 310 g/mol. The number of urea groups is 1. The molecule has 0 radical (unpaired) electrons. The second kappa shape index (κ2) is 7.24. The predicted molar refractivity (Wildman–Crippen MR) is 73.8 cm³/mol. The van der Waals surface area contributed by atoms with Crippen molar-refractivity contribution in [3.8, 4) is 0 Å². The van der Waals surface area contributed by atoms with E-state index in [0.717, 1.165) is 11.8 Å². The highest BCUT2D eigenvalue weighted by molar-refractivity contribution is 7.99. The van der Waals surface area contributed by atoms with Crippen LogP contribution in [0.2, 0.25) is 0 Å². The van der Waals surface area contributed by atoms with E-state index in [0.29, 0.717) is 5.16 Å². The maximum atomic E-state index is 13.3. The van der Waals surface area contributed by atoms with E-state index in [9.17, 15) is 14.0 Å². The van der Waals surface area contributed by atoms with Crippen molar-refractivity contribution >= 4 is 29.4 Å². The second-order valence-electron chi connectivity index (χ2n) is 3.69. The number of halogens is 1. The Hall–Kier alpha value is -2.62. The Morgan fingerprint density at radius 2 is 2.10 bits per heavy atom. The van der Waals surface area contributed by atoms with Gasteiger partial charge in [-0.25, -0.2) is 19.6 Å². The summed E-state index contributed by atoms with van der Waals surface area (Å²) in [5.41, 5.74) is 4.30. The number of carbonyl (C=O) groups is 2. The van der Waals surface area contributed by atoms with Gasteiger partial charge >= 0.3 is 6.03 Å². The summed E-state index contributed by atoms with van der Waals surface area (Å²) in [6.45, 7) is 0. The van der Waals surface area contributed by atoms with Crippen molar-refractivity contribution in [1.29, 1.82) is 0 Å². The number of thioether (sulfide) groups is 1. The molecule has 1 heterocycles. The van der Waals surface area contributed by atoms with Crippen LogP contribution in [0.15, 0.2) is 35.7 Å². The minimum Gasteiger partial charge on any atom is -0.304 e. The zero-order chi connectivity index (χ0) is 15.1. The van der Waals surface area contributed by atoms with Gasteiger partial charge in [-0.1, -0.05) is 23.9 Å². The van der Waals surface area contributed by atoms with Crippen molar-refractivity contribution in [3.05, 3.63) is 36.4 Å². The van der Waals surface area contributed by atoms with E-state index in [1.165, 1.54) is 24.5 Å². The number of para-hydroxylation sites is 1. The first kappa shape index (κ1) is 14.8. The lowest BCUT2D eigenvalue weighted by molar-refractivity contribution is -0.119. The first-order valence-electron chi connectivity index (χ1n) is 5.73. The van der Waals surface area contributed by atoms with Crippen molar-refractivity contribution in [2.24, 2.45) is 0 Å². The van der Waals surface area contributed by atoms with Crippen LogP contribution in [0.3, 0.4) is 0 Å². The summed E-state index contributed by atoms with van der Waals surface area (Å²) in [7, 11) is 0. The minimum absolute atomic E-state index is 0.0142. The van der Waals surface area contributed by atoms with E-state index >= 15 is 0 Å². The maximum Gasteiger partial charge on any atom is 0.338 e. The van der Waals surface area contributed by atoms with Gasteiger partial charge in [-0.2, -0.15) is 5.10 Å². The summed E-state index contributed by atoms with van der Waals surface area (Å²) < 4.78 is 13.3. The van der Waals surface area contributed by atoms with Crippen LogP contribution in [0.4, 0.5) is 14.9 Å². The molecule has 0 bridgehead atoms. The van der Waals surface area contributed by atoms with Crippen LogP contribution < -0.4 is 16.2 Å². The predicted octanol–water partition coefficient (Wildman–Crippen LogP) is 0.889. The van der Waals surface area contributed by atoms with E-state index in [-0.39, 0.29) is 11.4 Å². The summed E-state index contributed by atoms with van der Waals surface area (Å²) in [5, 5.41) is 8.95. The summed E-state index contributed by atoms with van der Waals surface area (Å²) in [6.07, 6.45) is 1.32. The van der Waals surface area contributed by atoms with Crippen LogP contribution in [0, 0.1) is 5.82 Å². The molecule has 10 heteroatoms. The van der Waals surface area contributed by atoms with Crippen LogP contribution in [-0.4, -0.2) is 32.9 Å². The Kier molecular flexibility index (Phi) is 5.10. The number of hydrogen-bond acceptors (Lipinski definition) is 5. The molecule has 1 aromatic heterocycles. The number of H-pyrrole nitrogens is 1. The zero-order valence-electron chi connectivity index (χ0n) is 10.6. The fourth-order valence-corrected chi connectivity index (χ4v) is 1.86. The largest absolute Gasteiger partial charge is 0.338 e. The number of carbonyl (C=O) groups excluding carboxylic acids is 2. The van der Waals surface area contributed by atoms with Crippen LogP contribution in [0.25, 0.3) is 0 Å². The van der Waals surface area contributed by atoms with Gasteiger partial charge in [0.05, 0.1) is 11.4 Å². The number of aromatic nitrogens is 3. The van der Waals surface area contributed by atoms with Crippen LogP contribution in [0.5, 0.6) is 0 Å². The van der Waals surface area contributed by atoms with Gasteiger partial charge in [0.1, 0.15) is 12.1 Å². The van der Waals surface area contributed by atoms with Gasteiger partial charge in [-0.05, 0) is 12.1 Å². The van der Waals surface area contributed by atoms with Gasteiger partial charge in [-0.3, -0.25) is 15.3 Å². The smallest absolute Gasteiger partial charge is 0.304 e. The number of aromatic amines is 1. The molecule has 110 valence electrons. The fourth-order valence-electron chi connectivity index (χ4n) is 1.28. The normalized spacial score (nSPS) is 9.95. The monoisotopic (exact) mass is 310 g/mol. The Morgan fingerprint density at radius 3 is 2.81 bits per heavy atom. The number of rotatable bonds is 4. The Bertz CT molecular complexity index is 621. The second-order valence-corrected chi connectivity index (χ2v) is 4.65. The van der Waals surface area contributed by atoms with Gasteiger partial charge in [-0.15, -0.1) is 0 Å². The van der Waals surface area contributed by atoms with Crippen molar-refractivity contribution < 1.29 is 14.0 Å². The van der Waals surface area contributed by atoms with Gasteiger partial charge < -0.3 is 5.32 Å². The van der Waals surface area contributed by atoms with Crippen molar-refractivity contribution in [2.45, 2.75) is 5.16 Å². The number of benzene rings is 1. The first-order valence-corrected chi connectivity index (χ1v) is 6.72. The fraction of sp³-hybridized carbons (Fsp3) is 0.0909. The lowest BCUT2D eigenvalue weighted by atomic mass is 10.3. The molecule has 0 saturated carbocycles. The van der Waals surface area contributed by atoms with E-state index in [1.54, 1.807) is 6.07 Å². The number of amides is 3. The molecule has 21 heavy (non-hydrogen) atoms. The van der Waals surface area contributed by atoms with Crippen molar-refractivity contribution in [1.82, 2.24) is 26.0 Å². The molecular weight excluding hydrogens is 299 g/mol. The van der Waals surface area contributed by atoms with Crippen LogP contribution >= 0.6 is 11.8 Å². The molecule has 8 nitrogen and oxygen atoms in total. The SMILES string of the molecule is O=C(CSc1ncn[nH]1)NNC(=O)Nc1ccccc1F. The summed E-state index contributed by atoms with van der Waals surface area (Å²) in [5.74, 6) is -0.977. The van der Waals surface area contributed by atoms with E-state index in [2.05, 4.69) is 31.3 Å². The first-order chi connectivity index (χ1) is 10.1. The lowest BCUT2D eigenvalue weighted by Gasteiger charge is -2.09. The van der Waals surface area contributed by atoms with Gasteiger partial charge in [0.15, 0.2) is 5.16 Å². The Morgan fingerprint density at radius 1 is 1.29 bits per heavy atom. The topological polar surface area (TPSA) is 112 Å². The molecule has 0 atom stereocenters. The minimum atomic E-state index is -0.752. The number of nitrogens with one attached hydrogen (secondary N) is 4. The van der Waals surface area contributed by atoms with Crippen LogP contribution in [0.1, 0.15) is 0 Å². The number of hydrogen-bond donors (Lipinski definition) is 4. The molecular formula is C11H11FN6O2S. The average Bonchev–Trinajstić information content (AvgIpc) is 2.99.